The zero-order chi connectivity index (χ0) is 9.64. The maximum Gasteiger partial charge on any atom is 0.0195 e. The van der Waals surface area contributed by atoms with E-state index in [4.69, 9.17) is 0 Å². The molecule has 0 aromatic rings. The minimum absolute atomic E-state index is 0.788. The van der Waals surface area contributed by atoms with Crippen molar-refractivity contribution in [3.63, 3.8) is 0 Å². The van der Waals surface area contributed by atoms with Crippen molar-refractivity contribution in [2.75, 3.05) is 26.2 Å². The average molecular weight is 196 g/mol. The van der Waals surface area contributed by atoms with Crippen LogP contribution in [0.3, 0.4) is 0 Å². The molecule has 0 aliphatic carbocycles. The molecule has 0 bridgehead atoms. The molecule has 14 heavy (non-hydrogen) atoms. The monoisotopic (exact) mass is 196 g/mol. The Morgan fingerprint density at radius 1 is 0.929 bits per heavy atom. The van der Waals surface area contributed by atoms with Gasteiger partial charge in [-0.05, 0) is 45.3 Å². The first-order valence-corrected chi connectivity index (χ1v) is 6.41. The van der Waals surface area contributed by atoms with E-state index in [9.17, 15) is 0 Å². The van der Waals surface area contributed by atoms with Crippen molar-refractivity contribution in [3.8, 4) is 0 Å². The fourth-order valence-corrected chi connectivity index (χ4v) is 2.71. The maximum absolute atomic E-state index is 3.69. The van der Waals surface area contributed by atoms with Gasteiger partial charge in [-0.1, -0.05) is 19.3 Å². The predicted octanol–water partition coefficient (Wildman–Crippen LogP) is 2.00. The van der Waals surface area contributed by atoms with E-state index in [-0.39, 0.29) is 0 Å². The van der Waals surface area contributed by atoms with Crippen LogP contribution in [0.4, 0.5) is 0 Å². The Bertz CT molecular complexity index is 144. The van der Waals surface area contributed by atoms with Crippen LogP contribution in [0.25, 0.3) is 0 Å². The Kier molecular flexibility index (Phi) is 4.26. The van der Waals surface area contributed by atoms with Crippen LogP contribution in [-0.2, 0) is 0 Å². The SMILES string of the molecule is C1CCN[C@H](CN2CCCCC2)CC1. The highest BCUT2D eigenvalue weighted by Crippen LogP contribution is 2.13. The maximum atomic E-state index is 3.69. The third-order valence-electron chi connectivity index (χ3n) is 3.59. The Labute approximate surface area is 88.1 Å². The van der Waals surface area contributed by atoms with E-state index in [2.05, 4.69) is 10.2 Å². The summed E-state index contributed by atoms with van der Waals surface area (Å²) in [6, 6.07) is 0.788. The van der Waals surface area contributed by atoms with Gasteiger partial charge >= 0.3 is 0 Å². The summed E-state index contributed by atoms with van der Waals surface area (Å²) >= 11 is 0. The van der Waals surface area contributed by atoms with Crippen molar-refractivity contribution >= 4 is 0 Å². The minimum Gasteiger partial charge on any atom is -0.313 e. The van der Waals surface area contributed by atoms with Crippen LogP contribution in [0.15, 0.2) is 0 Å². The molecule has 2 fully saturated rings. The molecule has 0 radical (unpaired) electrons. The van der Waals surface area contributed by atoms with Gasteiger partial charge in [0.05, 0.1) is 0 Å². The first-order chi connectivity index (χ1) is 6.95. The molecule has 0 spiro atoms. The summed E-state index contributed by atoms with van der Waals surface area (Å²) in [6.07, 6.45) is 9.95. The van der Waals surface area contributed by atoms with Crippen molar-refractivity contribution in [1.82, 2.24) is 10.2 Å². The topological polar surface area (TPSA) is 15.3 Å². The standard InChI is InChI=1S/C12H24N2/c1-3-7-12(13-8-4-1)11-14-9-5-2-6-10-14/h12-13H,1-11H2/t12-/m0/s1. The molecule has 82 valence electrons. The van der Waals surface area contributed by atoms with Gasteiger partial charge in [-0.25, -0.2) is 0 Å². The number of nitrogens with zero attached hydrogens (tertiary/aromatic N) is 1. The number of nitrogens with one attached hydrogen (secondary N) is 1. The first kappa shape index (κ1) is 10.4. The highest BCUT2D eigenvalue weighted by atomic mass is 15.1. The van der Waals surface area contributed by atoms with Gasteiger partial charge in [0.15, 0.2) is 0 Å². The van der Waals surface area contributed by atoms with E-state index in [0.717, 1.165) is 6.04 Å². The lowest BCUT2D eigenvalue weighted by Crippen LogP contribution is -2.42. The van der Waals surface area contributed by atoms with Crippen LogP contribution >= 0.6 is 0 Å². The molecule has 2 rings (SSSR count). The molecule has 1 N–H and O–H groups in total. The number of likely N-dealkylation sites (tertiary alicyclic amines) is 1. The summed E-state index contributed by atoms with van der Waals surface area (Å²) in [4.78, 5) is 2.66. The minimum atomic E-state index is 0.788. The molecular formula is C12H24N2. The number of hydrogen-bond donors (Lipinski definition) is 1. The van der Waals surface area contributed by atoms with Crippen LogP contribution in [-0.4, -0.2) is 37.1 Å². The second-order valence-corrected chi connectivity index (χ2v) is 4.86. The van der Waals surface area contributed by atoms with Crippen LogP contribution in [0, 0.1) is 0 Å². The highest BCUT2D eigenvalue weighted by Gasteiger charge is 2.16. The van der Waals surface area contributed by atoms with Gasteiger partial charge in [0.25, 0.3) is 0 Å². The molecule has 2 heteroatoms. The molecule has 0 aromatic carbocycles. The molecule has 0 amide bonds. The van der Waals surface area contributed by atoms with Crippen LogP contribution in [0.1, 0.15) is 44.9 Å². The molecule has 2 heterocycles. The lowest BCUT2D eigenvalue weighted by molar-refractivity contribution is 0.203. The predicted molar refractivity (Wildman–Crippen MR) is 60.5 cm³/mol. The molecule has 0 saturated carbocycles. The summed E-state index contributed by atoms with van der Waals surface area (Å²) in [5, 5.41) is 3.69. The highest BCUT2D eigenvalue weighted by molar-refractivity contribution is 4.76. The molecule has 2 aliphatic rings. The summed E-state index contributed by atoms with van der Waals surface area (Å²) in [7, 11) is 0. The van der Waals surface area contributed by atoms with E-state index in [1.807, 2.05) is 0 Å². The number of hydrogen-bond acceptors (Lipinski definition) is 2. The lowest BCUT2D eigenvalue weighted by atomic mass is 10.1. The molecule has 2 nitrogen and oxygen atoms in total. The van der Waals surface area contributed by atoms with Gasteiger partial charge in [-0.3, -0.25) is 0 Å². The van der Waals surface area contributed by atoms with Crippen LogP contribution < -0.4 is 5.32 Å². The van der Waals surface area contributed by atoms with E-state index < -0.39 is 0 Å². The van der Waals surface area contributed by atoms with Gasteiger partial charge < -0.3 is 10.2 Å². The zero-order valence-corrected chi connectivity index (χ0v) is 9.30. The third-order valence-corrected chi connectivity index (χ3v) is 3.59. The van der Waals surface area contributed by atoms with Crippen LogP contribution in [0.5, 0.6) is 0 Å². The van der Waals surface area contributed by atoms with E-state index >= 15 is 0 Å². The summed E-state index contributed by atoms with van der Waals surface area (Å²) in [5.41, 5.74) is 0. The Hall–Kier alpha value is -0.0800. The summed E-state index contributed by atoms with van der Waals surface area (Å²) < 4.78 is 0. The smallest absolute Gasteiger partial charge is 0.0195 e. The van der Waals surface area contributed by atoms with Gasteiger partial charge in [-0.15, -0.1) is 0 Å². The zero-order valence-electron chi connectivity index (χ0n) is 9.30. The number of piperidine rings is 1. The molecule has 0 aromatic heterocycles. The number of rotatable bonds is 2. The van der Waals surface area contributed by atoms with Crippen LogP contribution in [0.2, 0.25) is 0 Å². The fourth-order valence-electron chi connectivity index (χ4n) is 2.71. The molecule has 2 saturated heterocycles. The normalized spacial score (nSPS) is 31.3. The summed E-state index contributed by atoms with van der Waals surface area (Å²) in [6.45, 7) is 5.24. The van der Waals surface area contributed by atoms with Gasteiger partial charge in [-0.2, -0.15) is 0 Å². The molecule has 2 aliphatic heterocycles. The van der Waals surface area contributed by atoms with Crippen molar-refractivity contribution in [1.29, 1.82) is 0 Å². The second kappa shape index (κ2) is 5.72. The molecule has 0 unspecified atom stereocenters. The van der Waals surface area contributed by atoms with Crippen molar-refractivity contribution in [2.45, 2.75) is 51.0 Å². The van der Waals surface area contributed by atoms with Gasteiger partial charge in [0.2, 0.25) is 0 Å². The second-order valence-electron chi connectivity index (χ2n) is 4.86. The van der Waals surface area contributed by atoms with Gasteiger partial charge in [0.1, 0.15) is 0 Å². The van der Waals surface area contributed by atoms with Crippen molar-refractivity contribution in [3.05, 3.63) is 0 Å². The summed E-state index contributed by atoms with van der Waals surface area (Å²) in [5.74, 6) is 0. The van der Waals surface area contributed by atoms with E-state index in [0.29, 0.717) is 0 Å². The first-order valence-electron chi connectivity index (χ1n) is 6.41. The lowest BCUT2D eigenvalue weighted by Gasteiger charge is -2.30. The Balaban J connectivity index is 1.71. The van der Waals surface area contributed by atoms with E-state index in [1.165, 1.54) is 71.1 Å². The third kappa shape index (κ3) is 3.25. The average Bonchev–Trinajstić information content (AvgIpc) is 2.48. The van der Waals surface area contributed by atoms with Crippen molar-refractivity contribution < 1.29 is 0 Å². The van der Waals surface area contributed by atoms with Crippen molar-refractivity contribution in [2.24, 2.45) is 0 Å². The molecular weight excluding hydrogens is 172 g/mol. The quantitative estimate of drug-likeness (QED) is 0.727. The Morgan fingerprint density at radius 3 is 2.57 bits per heavy atom. The van der Waals surface area contributed by atoms with E-state index in [1.54, 1.807) is 0 Å². The molecule has 1 atom stereocenters. The Morgan fingerprint density at radius 2 is 1.71 bits per heavy atom. The van der Waals surface area contributed by atoms with Gasteiger partial charge in [0, 0.05) is 12.6 Å². The fraction of sp³-hybridized carbons (Fsp3) is 1.00. The largest absolute Gasteiger partial charge is 0.313 e.